The van der Waals surface area contributed by atoms with Crippen LogP contribution in [0.15, 0.2) is 36.5 Å². The Bertz CT molecular complexity index is 671. The Morgan fingerprint density at radius 3 is 2.77 bits per heavy atom. The maximum Gasteiger partial charge on any atom is 0.212 e. The van der Waals surface area contributed by atoms with Crippen LogP contribution in [0.1, 0.15) is 17.5 Å². The number of benzene rings is 1. The van der Waals surface area contributed by atoms with Gasteiger partial charge in [0.2, 0.25) is 5.88 Å². The summed E-state index contributed by atoms with van der Waals surface area (Å²) < 4.78 is 5.09. The second kappa shape index (κ2) is 6.90. The van der Waals surface area contributed by atoms with Crippen molar-refractivity contribution in [2.45, 2.75) is 25.3 Å². The molecule has 0 saturated heterocycles. The number of Topliss-reactive ketones (excluding diaryl/α,β-unsaturated/α-hetero) is 1. The van der Waals surface area contributed by atoms with Crippen LogP contribution in [0, 0.1) is 0 Å². The van der Waals surface area contributed by atoms with Crippen molar-refractivity contribution in [1.29, 1.82) is 0 Å². The highest BCUT2D eigenvalue weighted by molar-refractivity contribution is 5.89. The third-order valence-corrected chi connectivity index (χ3v) is 4.02. The minimum absolute atomic E-state index is 0. The van der Waals surface area contributed by atoms with Crippen molar-refractivity contribution in [3.8, 4) is 17.0 Å². The second-order valence-corrected chi connectivity index (χ2v) is 5.32. The monoisotopic (exact) mass is 318 g/mol. The number of carbonyl (C=O) groups excluding carboxylic acids is 1. The predicted molar refractivity (Wildman–Crippen MR) is 88.5 cm³/mol. The van der Waals surface area contributed by atoms with Crippen LogP contribution in [-0.4, -0.2) is 23.9 Å². The first-order chi connectivity index (χ1) is 10.2. The SMILES string of the molecule is COc1ccc(-c2cccc3c2CC(=O)C(N)CC3)cn1.Cl. The summed E-state index contributed by atoms with van der Waals surface area (Å²) in [4.78, 5) is 16.3. The number of nitrogens with zero attached hydrogens (tertiary/aromatic N) is 1. The normalized spacial score (nSPS) is 17.2. The summed E-state index contributed by atoms with van der Waals surface area (Å²) in [5, 5.41) is 0. The summed E-state index contributed by atoms with van der Waals surface area (Å²) >= 11 is 0. The number of hydrogen-bond donors (Lipinski definition) is 1. The summed E-state index contributed by atoms with van der Waals surface area (Å²) in [5.41, 5.74) is 10.3. The molecule has 0 radical (unpaired) electrons. The minimum Gasteiger partial charge on any atom is -0.481 e. The highest BCUT2D eigenvalue weighted by Crippen LogP contribution is 2.30. The summed E-state index contributed by atoms with van der Waals surface area (Å²) in [6, 6.07) is 9.60. The number of hydrogen-bond acceptors (Lipinski definition) is 4. The Kier molecular flexibility index (Phi) is 5.16. The van der Waals surface area contributed by atoms with E-state index in [0.29, 0.717) is 12.3 Å². The van der Waals surface area contributed by atoms with Crippen LogP contribution in [0.2, 0.25) is 0 Å². The Labute approximate surface area is 136 Å². The number of nitrogens with two attached hydrogens (primary N) is 1. The molecule has 2 N–H and O–H groups in total. The molecule has 1 aromatic heterocycles. The lowest BCUT2D eigenvalue weighted by atomic mass is 9.93. The predicted octanol–water partition coefficient (Wildman–Crippen LogP) is 2.56. The molecule has 1 atom stereocenters. The van der Waals surface area contributed by atoms with Crippen molar-refractivity contribution in [1.82, 2.24) is 4.98 Å². The van der Waals surface area contributed by atoms with Gasteiger partial charge < -0.3 is 10.5 Å². The third-order valence-electron chi connectivity index (χ3n) is 4.02. The highest BCUT2D eigenvalue weighted by atomic mass is 35.5. The van der Waals surface area contributed by atoms with Crippen LogP contribution in [0.25, 0.3) is 11.1 Å². The van der Waals surface area contributed by atoms with Gasteiger partial charge in [0.1, 0.15) is 0 Å². The molecule has 2 aromatic rings. The molecule has 3 rings (SSSR count). The average Bonchev–Trinajstić information content (AvgIpc) is 2.67. The Morgan fingerprint density at radius 2 is 2.09 bits per heavy atom. The van der Waals surface area contributed by atoms with Crippen LogP contribution in [0.5, 0.6) is 5.88 Å². The molecular weight excluding hydrogens is 300 g/mol. The van der Waals surface area contributed by atoms with Crippen molar-refractivity contribution in [3.63, 3.8) is 0 Å². The molecule has 116 valence electrons. The number of ether oxygens (including phenoxy) is 1. The molecule has 0 spiro atoms. The van der Waals surface area contributed by atoms with Crippen LogP contribution in [-0.2, 0) is 17.6 Å². The number of fused-ring (bicyclic) bond motifs is 1. The second-order valence-electron chi connectivity index (χ2n) is 5.32. The fourth-order valence-corrected chi connectivity index (χ4v) is 2.79. The zero-order valence-corrected chi connectivity index (χ0v) is 13.2. The Hall–Kier alpha value is -1.91. The van der Waals surface area contributed by atoms with Gasteiger partial charge in [-0.25, -0.2) is 4.98 Å². The number of rotatable bonds is 2. The number of aryl methyl sites for hydroxylation is 1. The van der Waals surface area contributed by atoms with Crippen molar-refractivity contribution < 1.29 is 9.53 Å². The van der Waals surface area contributed by atoms with Gasteiger partial charge in [-0.2, -0.15) is 0 Å². The molecule has 0 aliphatic heterocycles. The van der Waals surface area contributed by atoms with E-state index in [1.54, 1.807) is 13.3 Å². The number of halogens is 1. The number of methoxy groups -OCH3 is 1. The van der Waals surface area contributed by atoms with Gasteiger partial charge in [0, 0.05) is 24.2 Å². The van der Waals surface area contributed by atoms with E-state index in [2.05, 4.69) is 11.1 Å². The maximum absolute atomic E-state index is 12.1. The largest absolute Gasteiger partial charge is 0.481 e. The van der Waals surface area contributed by atoms with Crippen molar-refractivity contribution in [3.05, 3.63) is 47.7 Å². The zero-order chi connectivity index (χ0) is 14.8. The van der Waals surface area contributed by atoms with Gasteiger partial charge in [0.05, 0.1) is 13.2 Å². The molecule has 0 bridgehead atoms. The first-order valence-corrected chi connectivity index (χ1v) is 7.08. The number of carbonyl (C=O) groups is 1. The fourth-order valence-electron chi connectivity index (χ4n) is 2.79. The highest BCUT2D eigenvalue weighted by Gasteiger charge is 2.22. The minimum atomic E-state index is -0.348. The number of ketones is 1. The van der Waals surface area contributed by atoms with E-state index in [1.165, 1.54) is 5.56 Å². The smallest absolute Gasteiger partial charge is 0.212 e. The molecular formula is C17H19ClN2O2. The quantitative estimate of drug-likeness (QED) is 0.864. The summed E-state index contributed by atoms with van der Waals surface area (Å²) in [5.74, 6) is 0.696. The molecule has 1 unspecified atom stereocenters. The Morgan fingerprint density at radius 1 is 1.27 bits per heavy atom. The molecule has 22 heavy (non-hydrogen) atoms. The zero-order valence-electron chi connectivity index (χ0n) is 12.4. The molecule has 0 amide bonds. The van der Waals surface area contributed by atoms with Gasteiger partial charge in [-0.15, -0.1) is 12.4 Å². The van der Waals surface area contributed by atoms with Gasteiger partial charge >= 0.3 is 0 Å². The first-order valence-electron chi connectivity index (χ1n) is 7.08. The molecule has 1 aromatic carbocycles. The van der Waals surface area contributed by atoms with E-state index in [-0.39, 0.29) is 24.2 Å². The molecule has 0 fully saturated rings. The average molecular weight is 319 g/mol. The number of aromatic nitrogens is 1. The van der Waals surface area contributed by atoms with Gasteiger partial charge in [-0.1, -0.05) is 18.2 Å². The molecule has 1 aliphatic rings. The van der Waals surface area contributed by atoms with Gasteiger partial charge in [0.25, 0.3) is 0 Å². The Balaban J connectivity index is 0.00000176. The van der Waals surface area contributed by atoms with E-state index >= 15 is 0 Å². The lowest BCUT2D eigenvalue weighted by molar-refractivity contribution is -0.119. The first kappa shape index (κ1) is 16.5. The fraction of sp³-hybridized carbons (Fsp3) is 0.294. The van der Waals surface area contributed by atoms with Gasteiger partial charge in [0.15, 0.2) is 5.78 Å². The molecule has 1 aliphatic carbocycles. The summed E-state index contributed by atoms with van der Waals surface area (Å²) in [6.07, 6.45) is 3.75. The van der Waals surface area contributed by atoms with Crippen LogP contribution in [0.3, 0.4) is 0 Å². The maximum atomic E-state index is 12.1. The van der Waals surface area contributed by atoms with Gasteiger partial charge in [-0.05, 0) is 35.6 Å². The molecule has 0 saturated carbocycles. The lowest BCUT2D eigenvalue weighted by Gasteiger charge is -2.12. The van der Waals surface area contributed by atoms with E-state index in [1.807, 2.05) is 24.3 Å². The summed E-state index contributed by atoms with van der Waals surface area (Å²) in [7, 11) is 1.59. The lowest BCUT2D eigenvalue weighted by Crippen LogP contribution is -2.30. The van der Waals surface area contributed by atoms with Crippen molar-refractivity contribution >= 4 is 18.2 Å². The van der Waals surface area contributed by atoms with E-state index < -0.39 is 0 Å². The molecule has 4 nitrogen and oxygen atoms in total. The van der Waals surface area contributed by atoms with E-state index in [9.17, 15) is 4.79 Å². The molecule has 1 heterocycles. The third kappa shape index (κ3) is 3.13. The topological polar surface area (TPSA) is 65.2 Å². The van der Waals surface area contributed by atoms with Crippen LogP contribution >= 0.6 is 12.4 Å². The van der Waals surface area contributed by atoms with E-state index in [0.717, 1.165) is 29.5 Å². The molecule has 5 heteroatoms. The summed E-state index contributed by atoms with van der Waals surface area (Å²) in [6.45, 7) is 0. The standard InChI is InChI=1S/C17H18N2O2.ClH/c1-21-17-8-6-12(10-19-17)13-4-2-3-11-5-7-15(18)16(20)9-14(11)13;/h2-4,6,8,10,15H,5,7,9,18H2,1H3;1H. The van der Waals surface area contributed by atoms with Crippen LogP contribution in [0.4, 0.5) is 0 Å². The van der Waals surface area contributed by atoms with Crippen molar-refractivity contribution in [2.75, 3.05) is 7.11 Å². The van der Waals surface area contributed by atoms with Gasteiger partial charge in [-0.3, -0.25) is 4.79 Å². The number of pyridine rings is 1. The van der Waals surface area contributed by atoms with Crippen molar-refractivity contribution in [2.24, 2.45) is 5.73 Å². The van der Waals surface area contributed by atoms with E-state index in [4.69, 9.17) is 10.5 Å². The van der Waals surface area contributed by atoms with Crippen LogP contribution < -0.4 is 10.5 Å².